The van der Waals surface area contributed by atoms with E-state index in [4.69, 9.17) is 0 Å². The van der Waals surface area contributed by atoms with Crippen LogP contribution in [-0.4, -0.2) is 37.6 Å². The molecule has 2 aromatic rings. The van der Waals surface area contributed by atoms with Crippen LogP contribution in [0, 0.1) is 0 Å². The number of H-pyrrole nitrogens is 2. The van der Waals surface area contributed by atoms with E-state index >= 15 is 0 Å². The molecule has 0 atom stereocenters. The molecule has 3 N–H and O–H groups in total. The topological polar surface area (TPSA) is 99.4 Å². The molecular formula is C11H14N6O. The first-order valence-electron chi connectivity index (χ1n) is 6.01. The number of carbonyl (C=O) groups is 1. The number of hydrogen-bond acceptors (Lipinski definition) is 4. The third-order valence-electron chi connectivity index (χ3n) is 2.87. The van der Waals surface area contributed by atoms with Gasteiger partial charge in [0.1, 0.15) is 11.6 Å². The quantitative estimate of drug-likeness (QED) is 0.710. The number of hydrogen-bond donors (Lipinski definition) is 3. The SMILES string of the molecule is O=C(NCCc1ncc[nH]1)c1n[nH]c(C2CC2)n1. The van der Waals surface area contributed by atoms with E-state index in [1.54, 1.807) is 12.4 Å². The van der Waals surface area contributed by atoms with Gasteiger partial charge in [-0.3, -0.25) is 9.89 Å². The first kappa shape index (κ1) is 10.9. The van der Waals surface area contributed by atoms with Crippen molar-refractivity contribution in [2.45, 2.75) is 25.2 Å². The van der Waals surface area contributed by atoms with Gasteiger partial charge in [-0.25, -0.2) is 9.97 Å². The molecule has 1 aliphatic rings. The van der Waals surface area contributed by atoms with E-state index in [1.165, 1.54) is 0 Å². The molecule has 0 bridgehead atoms. The number of rotatable bonds is 5. The summed E-state index contributed by atoms with van der Waals surface area (Å²) in [5.74, 6) is 2.12. The van der Waals surface area contributed by atoms with E-state index in [2.05, 4.69) is 30.5 Å². The third kappa shape index (κ3) is 2.39. The summed E-state index contributed by atoms with van der Waals surface area (Å²) in [6, 6.07) is 0. The molecule has 7 nitrogen and oxygen atoms in total. The van der Waals surface area contributed by atoms with Crippen LogP contribution < -0.4 is 5.32 Å². The van der Waals surface area contributed by atoms with E-state index in [-0.39, 0.29) is 11.7 Å². The van der Waals surface area contributed by atoms with E-state index in [0.717, 1.165) is 24.5 Å². The molecule has 1 amide bonds. The van der Waals surface area contributed by atoms with Gasteiger partial charge in [0, 0.05) is 31.3 Å². The lowest BCUT2D eigenvalue weighted by Crippen LogP contribution is -2.27. The van der Waals surface area contributed by atoms with Crippen LogP contribution in [0.3, 0.4) is 0 Å². The van der Waals surface area contributed by atoms with E-state index < -0.39 is 0 Å². The van der Waals surface area contributed by atoms with Gasteiger partial charge in [-0.2, -0.15) is 0 Å². The highest BCUT2D eigenvalue weighted by atomic mass is 16.2. The van der Waals surface area contributed by atoms with Crippen LogP contribution in [0.5, 0.6) is 0 Å². The van der Waals surface area contributed by atoms with Gasteiger partial charge >= 0.3 is 0 Å². The zero-order chi connectivity index (χ0) is 12.4. The van der Waals surface area contributed by atoms with Crippen LogP contribution >= 0.6 is 0 Å². The van der Waals surface area contributed by atoms with Crippen LogP contribution in [-0.2, 0) is 6.42 Å². The highest BCUT2D eigenvalue weighted by Gasteiger charge is 2.28. The second-order valence-electron chi connectivity index (χ2n) is 4.36. The minimum absolute atomic E-state index is 0.219. The lowest BCUT2D eigenvalue weighted by Gasteiger charge is -1.99. The molecule has 0 saturated heterocycles. The average Bonchev–Trinajstić information content (AvgIpc) is 2.92. The highest BCUT2D eigenvalue weighted by Crippen LogP contribution is 2.37. The molecule has 1 fully saturated rings. The second kappa shape index (κ2) is 4.59. The van der Waals surface area contributed by atoms with Crippen molar-refractivity contribution in [2.75, 3.05) is 6.54 Å². The van der Waals surface area contributed by atoms with Crippen LogP contribution in [0.2, 0.25) is 0 Å². The fourth-order valence-electron chi connectivity index (χ4n) is 1.72. The normalized spacial score (nSPS) is 14.7. The maximum Gasteiger partial charge on any atom is 0.290 e. The van der Waals surface area contributed by atoms with Crippen LogP contribution in [0.1, 0.15) is 41.0 Å². The lowest BCUT2D eigenvalue weighted by atomic mass is 10.4. The molecule has 1 saturated carbocycles. The summed E-state index contributed by atoms with van der Waals surface area (Å²) in [4.78, 5) is 23.0. The summed E-state index contributed by atoms with van der Waals surface area (Å²) >= 11 is 0. The second-order valence-corrected chi connectivity index (χ2v) is 4.36. The average molecular weight is 246 g/mol. The summed E-state index contributed by atoms with van der Waals surface area (Å²) < 4.78 is 0. The maximum absolute atomic E-state index is 11.7. The zero-order valence-corrected chi connectivity index (χ0v) is 9.81. The Labute approximate surface area is 103 Å². The van der Waals surface area contributed by atoms with E-state index in [9.17, 15) is 4.79 Å². The molecular weight excluding hydrogens is 232 g/mol. The first-order chi connectivity index (χ1) is 8.83. The first-order valence-corrected chi connectivity index (χ1v) is 6.01. The largest absolute Gasteiger partial charge is 0.349 e. The van der Waals surface area contributed by atoms with Crippen molar-refractivity contribution < 1.29 is 4.79 Å². The van der Waals surface area contributed by atoms with Crippen molar-refractivity contribution >= 4 is 5.91 Å². The Bertz CT molecular complexity index is 527. The Hall–Kier alpha value is -2.18. The van der Waals surface area contributed by atoms with E-state index in [1.807, 2.05) is 0 Å². The number of carbonyl (C=O) groups excluding carboxylic acids is 1. The molecule has 2 heterocycles. The molecule has 94 valence electrons. The van der Waals surface area contributed by atoms with Crippen molar-refractivity contribution in [2.24, 2.45) is 0 Å². The number of amides is 1. The predicted molar refractivity (Wildman–Crippen MR) is 63.0 cm³/mol. The summed E-state index contributed by atoms with van der Waals surface area (Å²) in [6.45, 7) is 0.514. The van der Waals surface area contributed by atoms with Gasteiger partial charge in [0.15, 0.2) is 0 Å². The Morgan fingerprint density at radius 3 is 3.11 bits per heavy atom. The lowest BCUT2D eigenvalue weighted by molar-refractivity contribution is 0.0944. The monoisotopic (exact) mass is 246 g/mol. The van der Waals surface area contributed by atoms with Gasteiger partial charge in [-0.15, -0.1) is 5.10 Å². The summed E-state index contributed by atoms with van der Waals surface area (Å²) in [5, 5.41) is 9.50. The standard InChI is InChI=1S/C11H14N6O/c18-11(14-4-3-8-12-5-6-13-8)10-15-9(16-17-10)7-1-2-7/h5-7H,1-4H2,(H,12,13)(H,14,18)(H,15,16,17). The third-order valence-corrected chi connectivity index (χ3v) is 2.87. The highest BCUT2D eigenvalue weighted by molar-refractivity contribution is 5.90. The summed E-state index contributed by atoms with van der Waals surface area (Å²) in [7, 11) is 0. The van der Waals surface area contributed by atoms with Gasteiger partial charge in [0.05, 0.1) is 0 Å². The Balaban J connectivity index is 1.50. The van der Waals surface area contributed by atoms with Crippen LogP contribution in [0.15, 0.2) is 12.4 Å². The van der Waals surface area contributed by atoms with Gasteiger partial charge < -0.3 is 10.3 Å². The van der Waals surface area contributed by atoms with Crippen molar-refractivity contribution in [3.63, 3.8) is 0 Å². The molecule has 18 heavy (non-hydrogen) atoms. The summed E-state index contributed by atoms with van der Waals surface area (Å²) in [6.07, 6.45) is 6.38. The van der Waals surface area contributed by atoms with Crippen molar-refractivity contribution in [1.29, 1.82) is 0 Å². The molecule has 0 unspecified atom stereocenters. The molecule has 0 aromatic carbocycles. The van der Waals surface area contributed by atoms with Crippen LogP contribution in [0.4, 0.5) is 0 Å². The van der Waals surface area contributed by atoms with Gasteiger partial charge in [0.25, 0.3) is 5.91 Å². The molecule has 3 rings (SSSR count). The molecule has 0 aliphatic heterocycles. The molecule has 0 spiro atoms. The minimum Gasteiger partial charge on any atom is -0.349 e. The van der Waals surface area contributed by atoms with Crippen molar-refractivity contribution in [1.82, 2.24) is 30.5 Å². The van der Waals surface area contributed by atoms with Gasteiger partial charge in [-0.1, -0.05) is 0 Å². The van der Waals surface area contributed by atoms with Crippen molar-refractivity contribution in [3.8, 4) is 0 Å². The van der Waals surface area contributed by atoms with Gasteiger partial charge in [0.2, 0.25) is 5.82 Å². The maximum atomic E-state index is 11.7. The fourth-order valence-corrected chi connectivity index (χ4v) is 1.72. The predicted octanol–water partition coefficient (Wildman–Crippen LogP) is 0.378. The summed E-state index contributed by atoms with van der Waals surface area (Å²) in [5.41, 5.74) is 0. The zero-order valence-electron chi connectivity index (χ0n) is 9.81. The Kier molecular flexibility index (Phi) is 2.79. The number of nitrogens with one attached hydrogen (secondary N) is 3. The number of nitrogens with zero attached hydrogens (tertiary/aromatic N) is 3. The van der Waals surface area contributed by atoms with Crippen molar-refractivity contribution in [3.05, 3.63) is 29.9 Å². The molecule has 0 radical (unpaired) electrons. The Morgan fingerprint density at radius 2 is 2.39 bits per heavy atom. The number of imidazole rings is 1. The minimum atomic E-state index is -0.246. The molecule has 2 aromatic heterocycles. The van der Waals surface area contributed by atoms with Crippen LogP contribution in [0.25, 0.3) is 0 Å². The number of aromatic amines is 2. The van der Waals surface area contributed by atoms with E-state index in [0.29, 0.717) is 18.9 Å². The number of aromatic nitrogens is 5. The molecule has 7 heteroatoms. The van der Waals surface area contributed by atoms with Gasteiger partial charge in [-0.05, 0) is 12.8 Å². The fraction of sp³-hybridized carbons (Fsp3) is 0.455. The molecule has 1 aliphatic carbocycles. The Morgan fingerprint density at radius 1 is 1.50 bits per heavy atom. The smallest absolute Gasteiger partial charge is 0.290 e.